The molecule has 7 heteroatoms. The number of nitrogens with one attached hydrogen (secondary N) is 1. The van der Waals surface area contributed by atoms with E-state index in [0.29, 0.717) is 28.6 Å². The summed E-state index contributed by atoms with van der Waals surface area (Å²) in [6, 6.07) is 17.1. The summed E-state index contributed by atoms with van der Waals surface area (Å²) in [6.45, 7) is -0.148. The normalized spacial score (nSPS) is 10.7. The molecule has 0 aliphatic heterocycles. The van der Waals surface area contributed by atoms with Crippen LogP contribution in [0.5, 0.6) is 23.0 Å². The molecule has 0 aliphatic carbocycles. The molecular formula is C22H22N2O5. The Morgan fingerprint density at radius 3 is 2.28 bits per heavy atom. The Hall–Kier alpha value is -3.74. The first kappa shape index (κ1) is 20.0. The van der Waals surface area contributed by atoms with Crippen molar-refractivity contribution in [3.8, 4) is 23.0 Å². The van der Waals surface area contributed by atoms with Gasteiger partial charge in [-0.25, -0.2) is 5.43 Å². The monoisotopic (exact) mass is 394 g/mol. The van der Waals surface area contributed by atoms with E-state index >= 15 is 0 Å². The summed E-state index contributed by atoms with van der Waals surface area (Å²) >= 11 is 0. The Morgan fingerprint density at radius 1 is 0.931 bits per heavy atom. The molecule has 0 heterocycles. The molecule has 0 saturated heterocycles. The van der Waals surface area contributed by atoms with Crippen molar-refractivity contribution in [1.82, 2.24) is 5.43 Å². The molecule has 150 valence electrons. The lowest BCUT2D eigenvalue weighted by Gasteiger charge is -2.12. The number of hydrogen-bond acceptors (Lipinski definition) is 6. The van der Waals surface area contributed by atoms with Gasteiger partial charge in [0.25, 0.3) is 5.91 Å². The van der Waals surface area contributed by atoms with E-state index in [0.717, 1.165) is 10.8 Å². The molecule has 1 N–H and O–H groups in total. The predicted molar refractivity (Wildman–Crippen MR) is 111 cm³/mol. The molecule has 0 aromatic heterocycles. The van der Waals surface area contributed by atoms with Crippen molar-refractivity contribution in [3.63, 3.8) is 0 Å². The van der Waals surface area contributed by atoms with Crippen molar-refractivity contribution in [3.05, 3.63) is 60.2 Å². The van der Waals surface area contributed by atoms with Gasteiger partial charge in [-0.05, 0) is 35.0 Å². The Balaban J connectivity index is 1.59. The van der Waals surface area contributed by atoms with Crippen LogP contribution in [0.1, 0.15) is 5.56 Å². The van der Waals surface area contributed by atoms with Gasteiger partial charge in [0.05, 0.1) is 27.5 Å². The number of amides is 1. The Bertz CT molecular complexity index is 1010. The number of benzene rings is 3. The molecule has 0 unspecified atom stereocenters. The maximum absolute atomic E-state index is 12.0. The molecule has 7 nitrogen and oxygen atoms in total. The molecule has 0 saturated carbocycles. The number of rotatable bonds is 8. The van der Waals surface area contributed by atoms with Gasteiger partial charge in [-0.2, -0.15) is 5.10 Å². The van der Waals surface area contributed by atoms with E-state index in [4.69, 9.17) is 18.9 Å². The first-order valence-electron chi connectivity index (χ1n) is 8.88. The summed E-state index contributed by atoms with van der Waals surface area (Å²) in [4.78, 5) is 12.0. The number of carbonyl (C=O) groups is 1. The van der Waals surface area contributed by atoms with Crippen LogP contribution in [0.4, 0.5) is 0 Å². The minimum atomic E-state index is -0.373. The van der Waals surface area contributed by atoms with Gasteiger partial charge < -0.3 is 18.9 Å². The largest absolute Gasteiger partial charge is 0.493 e. The maximum atomic E-state index is 12.0. The number of methoxy groups -OCH3 is 3. The molecule has 0 spiro atoms. The summed E-state index contributed by atoms with van der Waals surface area (Å²) in [5, 5.41) is 6.11. The molecule has 0 radical (unpaired) electrons. The minimum absolute atomic E-state index is 0.148. The summed E-state index contributed by atoms with van der Waals surface area (Å²) in [6.07, 6.45) is 1.48. The summed E-state index contributed by atoms with van der Waals surface area (Å²) in [5.74, 6) is 1.73. The number of ether oxygens (including phenoxy) is 4. The van der Waals surface area contributed by atoms with Crippen LogP contribution < -0.4 is 24.4 Å². The van der Waals surface area contributed by atoms with Crippen molar-refractivity contribution in [2.45, 2.75) is 0 Å². The van der Waals surface area contributed by atoms with Crippen molar-refractivity contribution in [2.24, 2.45) is 5.10 Å². The van der Waals surface area contributed by atoms with Crippen LogP contribution in [0.15, 0.2) is 59.7 Å². The predicted octanol–water partition coefficient (Wildman–Crippen LogP) is 3.39. The lowest BCUT2D eigenvalue weighted by atomic mass is 10.1. The molecule has 0 fully saturated rings. The molecule has 0 bridgehead atoms. The van der Waals surface area contributed by atoms with Crippen molar-refractivity contribution >= 4 is 22.9 Å². The van der Waals surface area contributed by atoms with Crippen LogP contribution >= 0.6 is 0 Å². The van der Waals surface area contributed by atoms with E-state index in [-0.39, 0.29) is 12.5 Å². The molecular weight excluding hydrogens is 372 g/mol. The first-order valence-corrected chi connectivity index (χ1v) is 8.88. The fourth-order valence-electron chi connectivity index (χ4n) is 2.79. The Labute approximate surface area is 168 Å². The fraction of sp³-hybridized carbons (Fsp3) is 0.182. The van der Waals surface area contributed by atoms with Crippen molar-refractivity contribution in [1.29, 1.82) is 0 Å². The average Bonchev–Trinajstić information content (AvgIpc) is 2.76. The molecule has 3 rings (SSSR count). The highest BCUT2D eigenvalue weighted by Crippen LogP contribution is 2.37. The number of fused-ring (bicyclic) bond motifs is 1. The number of carbonyl (C=O) groups excluding carboxylic acids is 1. The Morgan fingerprint density at radius 2 is 1.62 bits per heavy atom. The van der Waals surface area contributed by atoms with Crippen molar-refractivity contribution in [2.75, 3.05) is 27.9 Å². The molecule has 0 aliphatic rings. The second-order valence-electron chi connectivity index (χ2n) is 6.05. The Kier molecular flexibility index (Phi) is 6.52. The molecule has 3 aromatic rings. The van der Waals surface area contributed by atoms with E-state index in [9.17, 15) is 4.79 Å². The van der Waals surface area contributed by atoms with Crippen LogP contribution in [0.2, 0.25) is 0 Å². The third kappa shape index (κ3) is 4.95. The fourth-order valence-corrected chi connectivity index (χ4v) is 2.79. The highest BCUT2D eigenvalue weighted by Gasteiger charge is 2.12. The number of hydrazone groups is 1. The highest BCUT2D eigenvalue weighted by molar-refractivity contribution is 5.85. The van der Waals surface area contributed by atoms with E-state index in [1.54, 1.807) is 12.1 Å². The summed E-state index contributed by atoms with van der Waals surface area (Å²) in [5.41, 5.74) is 3.11. The van der Waals surface area contributed by atoms with Crippen LogP contribution in [0, 0.1) is 0 Å². The van der Waals surface area contributed by atoms with Crippen LogP contribution in [0.25, 0.3) is 10.8 Å². The second-order valence-corrected chi connectivity index (χ2v) is 6.05. The quantitative estimate of drug-likeness (QED) is 0.468. The minimum Gasteiger partial charge on any atom is -0.493 e. The number of nitrogens with zero attached hydrogens (tertiary/aromatic N) is 1. The topological polar surface area (TPSA) is 78.4 Å². The highest BCUT2D eigenvalue weighted by atomic mass is 16.5. The van der Waals surface area contributed by atoms with E-state index in [1.807, 2.05) is 42.5 Å². The molecule has 29 heavy (non-hydrogen) atoms. The standard InChI is InChI=1S/C22H22N2O5/c1-26-19-10-15(11-20(27-2)22(19)28-3)13-23-24-21(25)14-29-18-9-8-16-6-4-5-7-17(16)12-18/h4-13H,14H2,1-3H3,(H,24,25). The lowest BCUT2D eigenvalue weighted by Crippen LogP contribution is -2.24. The van der Waals surface area contributed by atoms with Crippen LogP contribution in [-0.4, -0.2) is 40.1 Å². The summed E-state index contributed by atoms with van der Waals surface area (Å²) < 4.78 is 21.4. The van der Waals surface area contributed by atoms with Gasteiger partial charge in [-0.3, -0.25) is 4.79 Å². The molecule has 1 amide bonds. The van der Waals surface area contributed by atoms with Gasteiger partial charge in [0.2, 0.25) is 5.75 Å². The third-order valence-electron chi connectivity index (χ3n) is 4.18. The lowest BCUT2D eigenvalue weighted by molar-refractivity contribution is -0.123. The first-order chi connectivity index (χ1) is 14.1. The molecule has 3 aromatic carbocycles. The van der Waals surface area contributed by atoms with E-state index < -0.39 is 0 Å². The smallest absolute Gasteiger partial charge is 0.277 e. The van der Waals surface area contributed by atoms with Crippen LogP contribution in [-0.2, 0) is 4.79 Å². The zero-order valence-corrected chi connectivity index (χ0v) is 16.5. The van der Waals surface area contributed by atoms with E-state index in [2.05, 4.69) is 10.5 Å². The summed E-state index contributed by atoms with van der Waals surface area (Å²) in [7, 11) is 4.60. The van der Waals surface area contributed by atoms with Crippen LogP contribution in [0.3, 0.4) is 0 Å². The van der Waals surface area contributed by atoms with Gasteiger partial charge in [0.15, 0.2) is 18.1 Å². The van der Waals surface area contributed by atoms with Gasteiger partial charge in [0.1, 0.15) is 5.75 Å². The zero-order valence-electron chi connectivity index (χ0n) is 16.5. The van der Waals surface area contributed by atoms with Gasteiger partial charge in [0, 0.05) is 5.56 Å². The third-order valence-corrected chi connectivity index (χ3v) is 4.18. The average molecular weight is 394 g/mol. The zero-order chi connectivity index (χ0) is 20.6. The van der Waals surface area contributed by atoms with E-state index in [1.165, 1.54) is 27.5 Å². The second kappa shape index (κ2) is 9.45. The SMILES string of the molecule is COc1cc(C=NNC(=O)COc2ccc3ccccc3c2)cc(OC)c1OC. The van der Waals surface area contributed by atoms with Gasteiger partial charge >= 0.3 is 0 Å². The molecule has 0 atom stereocenters. The number of hydrogen-bond donors (Lipinski definition) is 1. The van der Waals surface area contributed by atoms with Crippen molar-refractivity contribution < 1.29 is 23.7 Å². The van der Waals surface area contributed by atoms with Gasteiger partial charge in [-0.1, -0.05) is 30.3 Å². The maximum Gasteiger partial charge on any atom is 0.277 e. The van der Waals surface area contributed by atoms with Gasteiger partial charge in [-0.15, -0.1) is 0 Å².